The second kappa shape index (κ2) is 3.89. The highest BCUT2D eigenvalue weighted by Crippen LogP contribution is 2.45. The molecule has 0 aromatic rings. The van der Waals surface area contributed by atoms with Gasteiger partial charge in [-0.25, -0.2) is 0 Å². The van der Waals surface area contributed by atoms with Gasteiger partial charge in [0.05, 0.1) is 10.9 Å². The lowest BCUT2D eigenvalue weighted by Gasteiger charge is -2.35. The Hall–Kier alpha value is 0.790. The number of alkyl halides is 1. The standard InChI is InChI=1S/C9H15BrOS/c10-9(4-2-1-3-5-9)8-11-6-7-12-8/h8H,1-7H2. The van der Waals surface area contributed by atoms with E-state index < -0.39 is 0 Å². The lowest BCUT2D eigenvalue weighted by molar-refractivity contribution is 0.102. The molecule has 0 bridgehead atoms. The molecular formula is C9H15BrOS. The van der Waals surface area contributed by atoms with E-state index in [9.17, 15) is 0 Å². The fraction of sp³-hybridized carbons (Fsp3) is 1.00. The molecule has 0 amide bonds. The van der Waals surface area contributed by atoms with Crippen LogP contribution in [0.5, 0.6) is 0 Å². The van der Waals surface area contributed by atoms with Gasteiger partial charge in [-0.3, -0.25) is 0 Å². The molecule has 2 fully saturated rings. The van der Waals surface area contributed by atoms with E-state index in [1.807, 2.05) is 11.8 Å². The number of hydrogen-bond acceptors (Lipinski definition) is 2. The third-order valence-corrected chi connectivity index (χ3v) is 5.53. The number of halogens is 1. The van der Waals surface area contributed by atoms with Crippen molar-refractivity contribution in [2.24, 2.45) is 0 Å². The Bertz CT molecular complexity index is 151. The van der Waals surface area contributed by atoms with Crippen LogP contribution in [0, 0.1) is 0 Å². The first kappa shape index (κ1) is 9.35. The predicted molar refractivity (Wildman–Crippen MR) is 56.9 cm³/mol. The molecule has 0 spiro atoms. The maximum absolute atomic E-state index is 5.71. The summed E-state index contributed by atoms with van der Waals surface area (Å²) >= 11 is 5.86. The quantitative estimate of drug-likeness (QED) is 0.662. The van der Waals surface area contributed by atoms with Crippen LogP contribution in [0.3, 0.4) is 0 Å². The Morgan fingerprint density at radius 1 is 1.25 bits per heavy atom. The molecule has 0 N–H and O–H groups in total. The maximum atomic E-state index is 5.71. The first-order chi connectivity index (χ1) is 5.81. The van der Waals surface area contributed by atoms with Crippen LogP contribution < -0.4 is 0 Å². The second-order valence-corrected chi connectivity index (χ2v) is 6.42. The van der Waals surface area contributed by atoms with Crippen LogP contribution in [0.1, 0.15) is 32.1 Å². The summed E-state index contributed by atoms with van der Waals surface area (Å²) in [5, 5.41) is 0. The molecule has 1 nitrogen and oxygen atoms in total. The van der Waals surface area contributed by atoms with Gasteiger partial charge in [0.2, 0.25) is 0 Å². The molecule has 70 valence electrons. The number of ether oxygens (including phenoxy) is 1. The molecule has 1 heterocycles. The average Bonchev–Trinajstić information content (AvgIpc) is 2.58. The van der Waals surface area contributed by atoms with Crippen molar-refractivity contribution in [1.29, 1.82) is 0 Å². The van der Waals surface area contributed by atoms with Crippen LogP contribution in [-0.4, -0.2) is 22.1 Å². The lowest BCUT2D eigenvalue weighted by Crippen LogP contribution is -2.35. The summed E-state index contributed by atoms with van der Waals surface area (Å²) in [6.07, 6.45) is 6.73. The van der Waals surface area contributed by atoms with Crippen molar-refractivity contribution < 1.29 is 4.74 Å². The third kappa shape index (κ3) is 1.83. The Morgan fingerprint density at radius 3 is 2.58 bits per heavy atom. The SMILES string of the molecule is BrC1(C2OCCS2)CCCCC1. The topological polar surface area (TPSA) is 9.23 Å². The predicted octanol–water partition coefficient (Wildman–Crippen LogP) is 3.17. The minimum atomic E-state index is 0.312. The molecule has 1 atom stereocenters. The molecule has 2 aliphatic rings. The van der Waals surface area contributed by atoms with Gasteiger partial charge in [-0.2, -0.15) is 0 Å². The Labute approximate surface area is 86.8 Å². The van der Waals surface area contributed by atoms with Gasteiger partial charge in [-0.05, 0) is 12.8 Å². The summed E-state index contributed by atoms with van der Waals surface area (Å²) in [5.41, 5.74) is 0.429. The highest BCUT2D eigenvalue weighted by molar-refractivity contribution is 9.10. The van der Waals surface area contributed by atoms with Crippen molar-refractivity contribution in [1.82, 2.24) is 0 Å². The first-order valence-corrected chi connectivity index (χ1v) is 6.58. The highest BCUT2D eigenvalue weighted by Gasteiger charge is 2.40. The zero-order valence-electron chi connectivity index (χ0n) is 7.22. The number of hydrogen-bond donors (Lipinski definition) is 0. The van der Waals surface area contributed by atoms with Crippen molar-refractivity contribution in [2.75, 3.05) is 12.4 Å². The van der Waals surface area contributed by atoms with Crippen LogP contribution in [-0.2, 0) is 4.74 Å². The van der Waals surface area contributed by atoms with E-state index in [0.717, 1.165) is 6.61 Å². The van der Waals surface area contributed by atoms with Crippen LogP contribution in [0.4, 0.5) is 0 Å². The molecule has 3 heteroatoms. The molecule has 12 heavy (non-hydrogen) atoms. The largest absolute Gasteiger partial charge is 0.365 e. The number of rotatable bonds is 1. The molecule has 0 aromatic carbocycles. The van der Waals surface area contributed by atoms with Gasteiger partial charge < -0.3 is 4.74 Å². The van der Waals surface area contributed by atoms with Gasteiger partial charge >= 0.3 is 0 Å². The van der Waals surface area contributed by atoms with E-state index in [2.05, 4.69) is 15.9 Å². The normalized spacial score (nSPS) is 35.2. The molecular weight excluding hydrogens is 236 g/mol. The van der Waals surface area contributed by atoms with Crippen LogP contribution in [0.25, 0.3) is 0 Å². The zero-order chi connectivity index (χ0) is 8.44. The Morgan fingerprint density at radius 2 is 2.00 bits per heavy atom. The summed E-state index contributed by atoms with van der Waals surface area (Å²) in [6.45, 7) is 0.947. The van der Waals surface area contributed by atoms with Gasteiger partial charge in [-0.15, -0.1) is 11.8 Å². The minimum Gasteiger partial charge on any atom is -0.365 e. The van der Waals surface area contributed by atoms with Gasteiger partial charge in [0, 0.05) is 5.75 Å². The Kier molecular flexibility index (Phi) is 3.03. The van der Waals surface area contributed by atoms with Gasteiger partial charge in [0.15, 0.2) is 0 Å². The summed E-state index contributed by atoms with van der Waals surface area (Å²) in [5.74, 6) is 1.18. The van der Waals surface area contributed by atoms with Crippen molar-refractivity contribution in [3.63, 3.8) is 0 Å². The van der Waals surface area contributed by atoms with Crippen LogP contribution in [0.2, 0.25) is 0 Å². The Balaban J connectivity index is 1.97. The number of thioether (sulfide) groups is 1. The van der Waals surface area contributed by atoms with Crippen molar-refractivity contribution in [2.45, 2.75) is 41.9 Å². The van der Waals surface area contributed by atoms with Crippen molar-refractivity contribution >= 4 is 27.7 Å². The van der Waals surface area contributed by atoms with Crippen molar-refractivity contribution in [3.05, 3.63) is 0 Å². The monoisotopic (exact) mass is 250 g/mol. The molecule has 0 aromatic heterocycles. The summed E-state index contributed by atoms with van der Waals surface area (Å²) < 4.78 is 6.02. The fourth-order valence-corrected chi connectivity index (χ4v) is 4.26. The summed E-state index contributed by atoms with van der Waals surface area (Å²) in [7, 11) is 0. The smallest absolute Gasteiger partial charge is 0.118 e. The molecule has 2 rings (SSSR count). The van der Waals surface area contributed by atoms with Gasteiger partial charge in [0.25, 0.3) is 0 Å². The van der Waals surface area contributed by atoms with E-state index in [-0.39, 0.29) is 0 Å². The van der Waals surface area contributed by atoms with E-state index in [0.29, 0.717) is 9.76 Å². The van der Waals surface area contributed by atoms with Crippen molar-refractivity contribution in [3.8, 4) is 0 Å². The summed E-state index contributed by atoms with van der Waals surface area (Å²) in [4.78, 5) is 0. The molecule has 1 aliphatic carbocycles. The van der Waals surface area contributed by atoms with E-state index >= 15 is 0 Å². The fourth-order valence-electron chi connectivity index (χ4n) is 2.03. The first-order valence-electron chi connectivity index (χ1n) is 4.73. The van der Waals surface area contributed by atoms with E-state index in [1.54, 1.807) is 0 Å². The summed E-state index contributed by atoms with van der Waals surface area (Å²) in [6, 6.07) is 0. The molecule has 1 unspecified atom stereocenters. The van der Waals surface area contributed by atoms with Crippen LogP contribution in [0.15, 0.2) is 0 Å². The second-order valence-electron chi connectivity index (χ2n) is 3.67. The molecule has 1 aliphatic heterocycles. The average molecular weight is 251 g/mol. The third-order valence-electron chi connectivity index (χ3n) is 2.73. The zero-order valence-corrected chi connectivity index (χ0v) is 9.62. The van der Waals surface area contributed by atoms with E-state index in [4.69, 9.17) is 4.74 Å². The van der Waals surface area contributed by atoms with Gasteiger partial charge in [0.1, 0.15) is 5.44 Å². The van der Waals surface area contributed by atoms with Crippen LogP contribution >= 0.6 is 27.7 Å². The highest BCUT2D eigenvalue weighted by atomic mass is 79.9. The molecule has 0 radical (unpaired) electrons. The van der Waals surface area contributed by atoms with Gasteiger partial charge in [-0.1, -0.05) is 35.2 Å². The minimum absolute atomic E-state index is 0.312. The maximum Gasteiger partial charge on any atom is 0.118 e. The van der Waals surface area contributed by atoms with E-state index in [1.165, 1.54) is 37.9 Å². The molecule has 1 saturated heterocycles. The lowest BCUT2D eigenvalue weighted by atomic mass is 9.89. The molecule has 1 saturated carbocycles.